The van der Waals surface area contributed by atoms with Crippen molar-refractivity contribution in [2.24, 2.45) is 0 Å². The van der Waals surface area contributed by atoms with Crippen LogP contribution < -0.4 is 0 Å². The molecule has 0 aromatic heterocycles. The maximum Gasteiger partial charge on any atom is 0.201 e. The molecule has 1 aromatic rings. The minimum atomic E-state index is -0.672. The SMILES string of the molecule is O=Cc1ccc(O)c(O)c1O.[B][B][B]. The number of benzene rings is 1. The average Bonchev–Trinajstić information content (AvgIpc) is 2.16. The summed E-state index contributed by atoms with van der Waals surface area (Å²) in [6.45, 7) is 0. The lowest BCUT2D eigenvalue weighted by Gasteiger charge is -2.00. The molecule has 67 valence electrons. The van der Waals surface area contributed by atoms with Crippen LogP contribution in [0, 0.1) is 0 Å². The molecular formula is C7H6B3O4. The molecule has 3 N–H and O–H groups in total. The van der Waals surface area contributed by atoms with Gasteiger partial charge < -0.3 is 15.3 Å². The molecule has 0 fully saturated rings. The van der Waals surface area contributed by atoms with Gasteiger partial charge in [-0.25, -0.2) is 0 Å². The molecular weight excluding hydrogens is 181 g/mol. The van der Waals surface area contributed by atoms with Crippen molar-refractivity contribution in [3.63, 3.8) is 0 Å². The van der Waals surface area contributed by atoms with Gasteiger partial charge in [-0.05, 0) is 12.1 Å². The Kier molecular flexibility index (Phi) is 5.37. The van der Waals surface area contributed by atoms with E-state index in [-0.39, 0.29) is 5.56 Å². The highest BCUT2D eigenvalue weighted by Crippen LogP contribution is 2.35. The first-order valence-corrected chi connectivity index (χ1v) is 3.52. The van der Waals surface area contributed by atoms with Gasteiger partial charge in [-0.1, -0.05) is 0 Å². The van der Waals surface area contributed by atoms with E-state index in [9.17, 15) is 4.79 Å². The van der Waals surface area contributed by atoms with E-state index >= 15 is 0 Å². The van der Waals surface area contributed by atoms with Crippen LogP contribution in [0.2, 0.25) is 0 Å². The van der Waals surface area contributed by atoms with Crippen LogP contribution in [0.3, 0.4) is 0 Å². The highest BCUT2D eigenvalue weighted by molar-refractivity contribution is 7.17. The number of phenolic OH excluding ortho intramolecular Hbond substituents is 3. The molecule has 0 unspecified atom stereocenters. The quantitative estimate of drug-likeness (QED) is 0.313. The Morgan fingerprint density at radius 1 is 1.14 bits per heavy atom. The maximum atomic E-state index is 10.1. The van der Waals surface area contributed by atoms with Crippen LogP contribution in [-0.4, -0.2) is 44.1 Å². The zero-order valence-electron chi connectivity index (χ0n) is 7.21. The topological polar surface area (TPSA) is 77.8 Å². The van der Waals surface area contributed by atoms with E-state index in [0.717, 1.165) is 13.1 Å². The van der Waals surface area contributed by atoms with Crippen molar-refractivity contribution in [2.75, 3.05) is 0 Å². The number of hydrogen-bond acceptors (Lipinski definition) is 4. The second-order valence-electron chi connectivity index (χ2n) is 2.18. The third kappa shape index (κ3) is 3.09. The lowest BCUT2D eigenvalue weighted by atomic mass is 9.40. The predicted octanol–water partition coefficient (Wildman–Crippen LogP) is -0.527. The molecule has 14 heavy (non-hydrogen) atoms. The fourth-order valence-corrected chi connectivity index (χ4v) is 0.680. The van der Waals surface area contributed by atoms with Crippen LogP contribution in [0.4, 0.5) is 0 Å². The molecule has 0 aliphatic heterocycles. The van der Waals surface area contributed by atoms with Crippen molar-refractivity contribution < 1.29 is 20.1 Å². The minimum Gasteiger partial charge on any atom is -0.504 e. The Morgan fingerprint density at radius 3 is 2.07 bits per heavy atom. The van der Waals surface area contributed by atoms with Crippen LogP contribution >= 0.6 is 0 Å². The van der Waals surface area contributed by atoms with Gasteiger partial charge in [0, 0.05) is 22.5 Å². The number of hydrogen-bond donors (Lipinski definition) is 3. The number of aromatic hydroxyl groups is 3. The molecule has 0 saturated heterocycles. The second kappa shape index (κ2) is 6.02. The number of phenols is 3. The minimum absolute atomic E-state index is 0.0553. The Hall–Kier alpha value is -1.52. The number of carbonyl (C=O) groups excluding carboxylic acids is 1. The zero-order chi connectivity index (χ0) is 11.1. The molecule has 0 saturated carbocycles. The molecule has 1 aromatic carbocycles. The summed E-state index contributed by atoms with van der Waals surface area (Å²) in [6, 6.07) is 2.33. The highest BCUT2D eigenvalue weighted by atomic mass is 16.3. The Morgan fingerprint density at radius 2 is 1.64 bits per heavy atom. The van der Waals surface area contributed by atoms with Gasteiger partial charge in [0.25, 0.3) is 0 Å². The van der Waals surface area contributed by atoms with E-state index in [0.29, 0.717) is 6.29 Å². The third-order valence-corrected chi connectivity index (χ3v) is 1.29. The summed E-state index contributed by atoms with van der Waals surface area (Å²) in [5.41, 5.74) is -0.0553. The largest absolute Gasteiger partial charge is 0.504 e. The molecule has 1 rings (SSSR count). The number of aldehydes is 1. The Labute approximate surface area is 84.6 Å². The lowest BCUT2D eigenvalue weighted by Crippen LogP contribution is -1.81. The molecule has 4 nitrogen and oxygen atoms in total. The summed E-state index contributed by atoms with van der Waals surface area (Å²) in [5, 5.41) is 26.6. The van der Waals surface area contributed by atoms with Crippen molar-refractivity contribution in [3.05, 3.63) is 17.7 Å². The normalized spacial score (nSPS) is 8.29. The summed E-state index contributed by atoms with van der Waals surface area (Å²) >= 11 is 0. The fourth-order valence-electron chi connectivity index (χ4n) is 0.680. The monoisotopic (exact) mass is 187 g/mol. The van der Waals surface area contributed by atoms with E-state index in [1.54, 1.807) is 0 Å². The fraction of sp³-hybridized carbons (Fsp3) is 0. The summed E-state index contributed by atoms with van der Waals surface area (Å²) in [7, 11) is 10.0. The zero-order valence-corrected chi connectivity index (χ0v) is 7.21. The average molecular weight is 187 g/mol. The molecule has 0 heterocycles. The molecule has 0 spiro atoms. The molecule has 0 aliphatic carbocycles. The van der Waals surface area contributed by atoms with Gasteiger partial charge >= 0.3 is 0 Å². The van der Waals surface area contributed by atoms with Crippen LogP contribution in [-0.2, 0) is 0 Å². The van der Waals surface area contributed by atoms with Gasteiger partial charge in [-0.2, -0.15) is 0 Å². The summed E-state index contributed by atoms with van der Waals surface area (Å²) in [5.74, 6) is -1.72. The third-order valence-electron chi connectivity index (χ3n) is 1.29. The Balaban J connectivity index is 0.000000500. The number of carbonyl (C=O) groups is 1. The van der Waals surface area contributed by atoms with Crippen molar-refractivity contribution in [1.29, 1.82) is 0 Å². The highest BCUT2D eigenvalue weighted by Gasteiger charge is 2.09. The van der Waals surface area contributed by atoms with Gasteiger partial charge in [0.15, 0.2) is 17.8 Å². The molecule has 0 atom stereocenters. The van der Waals surface area contributed by atoms with Gasteiger partial charge in [-0.15, -0.1) is 0 Å². The first-order chi connectivity index (χ1) is 6.58. The number of rotatable bonds is 1. The van der Waals surface area contributed by atoms with E-state index in [1.807, 2.05) is 0 Å². The van der Waals surface area contributed by atoms with Crippen LogP contribution in [0.25, 0.3) is 0 Å². The van der Waals surface area contributed by atoms with Crippen LogP contribution in [0.15, 0.2) is 12.1 Å². The first-order valence-electron chi connectivity index (χ1n) is 3.52. The molecule has 0 bridgehead atoms. The van der Waals surface area contributed by atoms with Crippen molar-refractivity contribution in [2.45, 2.75) is 0 Å². The van der Waals surface area contributed by atoms with Crippen molar-refractivity contribution in [1.82, 2.24) is 0 Å². The van der Waals surface area contributed by atoms with Crippen molar-refractivity contribution >= 4 is 28.8 Å². The van der Waals surface area contributed by atoms with Gasteiger partial charge in [-0.3, -0.25) is 4.79 Å². The molecule has 7 heteroatoms. The van der Waals surface area contributed by atoms with E-state index in [4.69, 9.17) is 15.3 Å². The summed E-state index contributed by atoms with van der Waals surface area (Å²) < 4.78 is 0. The lowest BCUT2D eigenvalue weighted by molar-refractivity contribution is 0.112. The van der Waals surface area contributed by atoms with E-state index in [2.05, 4.69) is 15.5 Å². The summed E-state index contributed by atoms with van der Waals surface area (Å²) in [4.78, 5) is 10.1. The standard InChI is InChI=1S/C7H6O4.B3/c8-3-4-1-2-5(9)7(11)6(4)10;1-3-2/h1-3,9-11H;. The first kappa shape index (κ1) is 12.5. The van der Waals surface area contributed by atoms with Crippen molar-refractivity contribution in [3.8, 4) is 17.2 Å². The van der Waals surface area contributed by atoms with Gasteiger partial charge in [0.1, 0.15) is 0 Å². The van der Waals surface area contributed by atoms with Gasteiger partial charge in [0.05, 0.1) is 5.56 Å². The van der Waals surface area contributed by atoms with Gasteiger partial charge in [0.2, 0.25) is 5.75 Å². The molecule has 5 radical (unpaired) electrons. The van der Waals surface area contributed by atoms with E-state index in [1.165, 1.54) is 6.07 Å². The van der Waals surface area contributed by atoms with E-state index < -0.39 is 17.2 Å². The van der Waals surface area contributed by atoms with Crippen LogP contribution in [0.1, 0.15) is 10.4 Å². The molecule has 0 aliphatic rings. The molecule has 0 amide bonds. The summed E-state index contributed by atoms with van der Waals surface area (Å²) in [6.07, 6.45) is 0.383. The van der Waals surface area contributed by atoms with Crippen LogP contribution in [0.5, 0.6) is 17.2 Å². The smallest absolute Gasteiger partial charge is 0.201 e. The second-order valence-corrected chi connectivity index (χ2v) is 2.18. The Bertz CT molecular complexity index is 316. The predicted molar refractivity (Wildman–Crippen MR) is 54.1 cm³/mol. The maximum absolute atomic E-state index is 10.1.